The molecule has 0 aromatic heterocycles. The van der Waals surface area contributed by atoms with Gasteiger partial charge in [0, 0.05) is 19.5 Å². The average Bonchev–Trinajstić information content (AvgIpc) is 2.48. The summed E-state index contributed by atoms with van der Waals surface area (Å²) in [6.45, 7) is 4.16. The van der Waals surface area contributed by atoms with E-state index in [9.17, 15) is 14.7 Å². The molecule has 0 aliphatic heterocycles. The fourth-order valence-electron chi connectivity index (χ4n) is 2.17. The van der Waals surface area contributed by atoms with Crippen LogP contribution in [0.25, 0.3) is 0 Å². The molecule has 1 amide bonds. The second kappa shape index (κ2) is 7.44. The maximum absolute atomic E-state index is 12.3. The molecular formula is C16H20N2O3. The first kappa shape index (κ1) is 16.7. The van der Waals surface area contributed by atoms with Crippen LogP contribution >= 0.6 is 0 Å². The zero-order chi connectivity index (χ0) is 15.9. The standard InChI is InChI=1S/C16H20N2O3/c1-3-18(11-7-10-17)14(19)12-16(2,15(20)21)13-8-5-4-6-9-13/h4-6,8-9H,3,7,11-12H2,1-2H3,(H,20,21). The van der Waals surface area contributed by atoms with E-state index in [1.54, 1.807) is 37.3 Å². The van der Waals surface area contributed by atoms with Crippen molar-refractivity contribution in [1.82, 2.24) is 4.90 Å². The topological polar surface area (TPSA) is 81.4 Å². The van der Waals surface area contributed by atoms with Gasteiger partial charge in [-0.2, -0.15) is 5.26 Å². The lowest BCUT2D eigenvalue weighted by molar-refractivity contribution is -0.147. The Balaban J connectivity index is 2.96. The zero-order valence-corrected chi connectivity index (χ0v) is 12.4. The summed E-state index contributed by atoms with van der Waals surface area (Å²) in [4.78, 5) is 25.5. The Kier molecular flexibility index (Phi) is 5.92. The molecular weight excluding hydrogens is 268 g/mol. The number of nitrogens with zero attached hydrogens (tertiary/aromatic N) is 2. The molecule has 0 fully saturated rings. The molecule has 0 radical (unpaired) electrons. The first-order valence-electron chi connectivity index (χ1n) is 6.89. The molecule has 5 heteroatoms. The summed E-state index contributed by atoms with van der Waals surface area (Å²) in [7, 11) is 0. The quantitative estimate of drug-likeness (QED) is 0.833. The summed E-state index contributed by atoms with van der Waals surface area (Å²) in [5.74, 6) is -1.28. The highest BCUT2D eigenvalue weighted by Crippen LogP contribution is 2.28. The van der Waals surface area contributed by atoms with Crippen LogP contribution in [0.2, 0.25) is 0 Å². The van der Waals surface area contributed by atoms with Crippen LogP contribution in [-0.4, -0.2) is 35.0 Å². The van der Waals surface area contributed by atoms with Gasteiger partial charge in [0.2, 0.25) is 5.91 Å². The van der Waals surface area contributed by atoms with E-state index in [4.69, 9.17) is 5.26 Å². The van der Waals surface area contributed by atoms with Crippen molar-refractivity contribution in [3.05, 3.63) is 35.9 Å². The highest BCUT2D eigenvalue weighted by molar-refractivity contribution is 5.89. The van der Waals surface area contributed by atoms with Gasteiger partial charge in [-0.1, -0.05) is 30.3 Å². The Morgan fingerprint density at radius 2 is 1.95 bits per heavy atom. The van der Waals surface area contributed by atoms with Gasteiger partial charge in [0.15, 0.2) is 0 Å². The van der Waals surface area contributed by atoms with Crippen LogP contribution in [0.15, 0.2) is 30.3 Å². The highest BCUT2D eigenvalue weighted by Gasteiger charge is 2.38. The average molecular weight is 288 g/mol. The second-order valence-corrected chi connectivity index (χ2v) is 5.06. The van der Waals surface area contributed by atoms with E-state index in [1.165, 1.54) is 4.90 Å². The Morgan fingerprint density at radius 1 is 1.33 bits per heavy atom. The highest BCUT2D eigenvalue weighted by atomic mass is 16.4. The number of carboxylic acid groups (broad SMARTS) is 1. The summed E-state index contributed by atoms with van der Waals surface area (Å²) < 4.78 is 0. The maximum atomic E-state index is 12.3. The van der Waals surface area contributed by atoms with E-state index in [-0.39, 0.29) is 18.7 Å². The third-order valence-electron chi connectivity index (χ3n) is 3.62. The van der Waals surface area contributed by atoms with Crippen molar-refractivity contribution in [2.45, 2.75) is 32.1 Å². The van der Waals surface area contributed by atoms with Crippen molar-refractivity contribution in [1.29, 1.82) is 5.26 Å². The molecule has 0 aliphatic rings. The summed E-state index contributed by atoms with van der Waals surface area (Å²) in [5, 5.41) is 18.2. The van der Waals surface area contributed by atoms with Crippen molar-refractivity contribution in [3.63, 3.8) is 0 Å². The largest absolute Gasteiger partial charge is 0.481 e. The Morgan fingerprint density at radius 3 is 2.43 bits per heavy atom. The number of carbonyl (C=O) groups excluding carboxylic acids is 1. The van der Waals surface area contributed by atoms with E-state index in [0.29, 0.717) is 18.7 Å². The summed E-state index contributed by atoms with van der Waals surface area (Å²) >= 11 is 0. The molecule has 0 aliphatic carbocycles. The van der Waals surface area contributed by atoms with Crippen molar-refractivity contribution < 1.29 is 14.7 Å². The van der Waals surface area contributed by atoms with E-state index in [0.717, 1.165) is 0 Å². The third kappa shape index (κ3) is 4.06. The van der Waals surface area contributed by atoms with E-state index < -0.39 is 11.4 Å². The Hall–Kier alpha value is -2.35. The second-order valence-electron chi connectivity index (χ2n) is 5.06. The summed E-state index contributed by atoms with van der Waals surface area (Å²) in [6.07, 6.45) is 0.125. The van der Waals surface area contributed by atoms with E-state index >= 15 is 0 Å². The molecule has 1 aromatic carbocycles. The third-order valence-corrected chi connectivity index (χ3v) is 3.62. The van der Waals surface area contributed by atoms with Crippen molar-refractivity contribution >= 4 is 11.9 Å². The molecule has 0 heterocycles. The molecule has 0 bridgehead atoms. The molecule has 1 unspecified atom stereocenters. The van der Waals surface area contributed by atoms with Gasteiger partial charge in [-0.05, 0) is 19.4 Å². The Labute approximate surface area is 124 Å². The SMILES string of the molecule is CCN(CCC#N)C(=O)CC(C)(C(=O)O)c1ccccc1. The number of nitriles is 1. The maximum Gasteiger partial charge on any atom is 0.314 e. The van der Waals surface area contributed by atoms with Gasteiger partial charge < -0.3 is 10.0 Å². The number of aliphatic carboxylic acids is 1. The normalized spacial score (nSPS) is 13.0. The van der Waals surface area contributed by atoms with Gasteiger partial charge in [-0.25, -0.2) is 0 Å². The molecule has 1 N–H and O–H groups in total. The minimum absolute atomic E-state index is 0.119. The molecule has 112 valence electrons. The van der Waals surface area contributed by atoms with Gasteiger partial charge in [0.05, 0.1) is 17.9 Å². The van der Waals surface area contributed by atoms with Crippen LogP contribution in [0.1, 0.15) is 32.3 Å². The monoisotopic (exact) mass is 288 g/mol. The lowest BCUT2D eigenvalue weighted by Crippen LogP contribution is -2.41. The minimum Gasteiger partial charge on any atom is -0.481 e. The fourth-order valence-corrected chi connectivity index (χ4v) is 2.17. The van der Waals surface area contributed by atoms with Crippen LogP contribution in [-0.2, 0) is 15.0 Å². The molecule has 0 saturated carbocycles. The van der Waals surface area contributed by atoms with E-state index in [1.807, 2.05) is 13.0 Å². The van der Waals surface area contributed by atoms with Crippen molar-refractivity contribution in [2.24, 2.45) is 0 Å². The number of rotatable bonds is 7. The molecule has 1 rings (SSSR count). The van der Waals surface area contributed by atoms with Crippen molar-refractivity contribution in [2.75, 3.05) is 13.1 Å². The Bertz CT molecular complexity index is 536. The van der Waals surface area contributed by atoms with Gasteiger partial charge >= 0.3 is 5.97 Å². The number of carboxylic acids is 1. The minimum atomic E-state index is -1.27. The molecule has 0 saturated heterocycles. The first-order valence-corrected chi connectivity index (χ1v) is 6.89. The van der Waals surface area contributed by atoms with Crippen LogP contribution in [0.3, 0.4) is 0 Å². The first-order chi connectivity index (χ1) is 9.95. The van der Waals surface area contributed by atoms with E-state index in [2.05, 4.69) is 0 Å². The van der Waals surface area contributed by atoms with Gasteiger partial charge in [-0.3, -0.25) is 9.59 Å². The van der Waals surface area contributed by atoms with Crippen LogP contribution in [0, 0.1) is 11.3 Å². The zero-order valence-electron chi connectivity index (χ0n) is 12.4. The fraction of sp³-hybridized carbons (Fsp3) is 0.438. The van der Waals surface area contributed by atoms with Gasteiger partial charge in [-0.15, -0.1) is 0 Å². The van der Waals surface area contributed by atoms with Gasteiger partial charge in [0.25, 0.3) is 0 Å². The number of hydrogen-bond donors (Lipinski definition) is 1. The molecule has 1 atom stereocenters. The number of carbonyl (C=O) groups is 2. The predicted octanol–water partition coefficient (Wildman–Crippen LogP) is 2.18. The number of amides is 1. The van der Waals surface area contributed by atoms with Crippen LogP contribution < -0.4 is 0 Å². The van der Waals surface area contributed by atoms with Crippen molar-refractivity contribution in [3.8, 4) is 6.07 Å². The molecule has 1 aromatic rings. The number of benzene rings is 1. The number of hydrogen-bond acceptors (Lipinski definition) is 3. The van der Waals surface area contributed by atoms with Gasteiger partial charge in [0.1, 0.15) is 0 Å². The lowest BCUT2D eigenvalue weighted by atomic mass is 9.79. The van der Waals surface area contributed by atoms with Crippen LogP contribution in [0.4, 0.5) is 0 Å². The summed E-state index contributed by atoms with van der Waals surface area (Å²) in [5.41, 5.74) is -0.666. The molecule has 5 nitrogen and oxygen atoms in total. The smallest absolute Gasteiger partial charge is 0.314 e. The lowest BCUT2D eigenvalue weighted by Gasteiger charge is -2.28. The van der Waals surface area contributed by atoms with Crippen LogP contribution in [0.5, 0.6) is 0 Å². The summed E-state index contributed by atoms with van der Waals surface area (Å²) in [6, 6.07) is 10.7. The molecule has 0 spiro atoms. The predicted molar refractivity (Wildman–Crippen MR) is 78.5 cm³/mol. The molecule has 21 heavy (non-hydrogen) atoms.